The molecule has 0 spiro atoms. The molecule has 1 saturated carbocycles. The zero-order chi connectivity index (χ0) is 18.8. The summed E-state index contributed by atoms with van der Waals surface area (Å²) in [5.74, 6) is 1.13. The highest BCUT2D eigenvalue weighted by Crippen LogP contribution is 2.36. The largest absolute Gasteiger partial charge is 0.341 e. The molecule has 7 heteroatoms. The summed E-state index contributed by atoms with van der Waals surface area (Å²) in [6.07, 6.45) is 5.40. The SMILES string of the molecule is CC(NC(=O)c1cccc(Cl)c1)c1nc(-c2ccnc(C3CCC3)c2)no1. The van der Waals surface area contributed by atoms with Gasteiger partial charge in [-0.1, -0.05) is 29.2 Å². The summed E-state index contributed by atoms with van der Waals surface area (Å²) in [6.45, 7) is 1.80. The topological polar surface area (TPSA) is 80.9 Å². The molecule has 6 nitrogen and oxygen atoms in total. The average molecular weight is 383 g/mol. The number of aromatic nitrogens is 3. The van der Waals surface area contributed by atoms with Crippen molar-refractivity contribution in [2.24, 2.45) is 0 Å². The molecule has 1 N–H and O–H groups in total. The van der Waals surface area contributed by atoms with E-state index in [1.165, 1.54) is 19.3 Å². The van der Waals surface area contributed by atoms with Crippen LogP contribution in [0.4, 0.5) is 0 Å². The quantitative estimate of drug-likeness (QED) is 0.700. The van der Waals surface area contributed by atoms with E-state index in [1.807, 2.05) is 12.1 Å². The molecule has 0 bridgehead atoms. The predicted molar refractivity (Wildman–Crippen MR) is 101 cm³/mol. The predicted octanol–water partition coefficient (Wildman–Crippen LogP) is 4.54. The Morgan fingerprint density at radius 2 is 2.15 bits per heavy atom. The van der Waals surface area contributed by atoms with E-state index < -0.39 is 6.04 Å². The first kappa shape index (κ1) is 17.7. The van der Waals surface area contributed by atoms with E-state index >= 15 is 0 Å². The van der Waals surface area contributed by atoms with E-state index in [0.29, 0.717) is 28.2 Å². The maximum atomic E-state index is 12.3. The average Bonchev–Trinajstić information content (AvgIpc) is 3.11. The standard InChI is InChI=1S/C20H19ClN4O2/c1-12(23-19(26)15-6-3-7-16(21)10-15)20-24-18(25-27-20)14-8-9-22-17(11-14)13-4-2-5-13/h3,6-13H,2,4-5H2,1H3,(H,23,26). The van der Waals surface area contributed by atoms with Gasteiger partial charge in [-0.25, -0.2) is 0 Å². The molecule has 4 rings (SSSR count). The van der Waals surface area contributed by atoms with Gasteiger partial charge in [-0.15, -0.1) is 0 Å². The van der Waals surface area contributed by atoms with Crippen LogP contribution in [0.25, 0.3) is 11.4 Å². The summed E-state index contributed by atoms with van der Waals surface area (Å²) in [7, 11) is 0. The molecule has 1 unspecified atom stereocenters. The van der Waals surface area contributed by atoms with Gasteiger partial charge in [-0.05, 0) is 50.1 Å². The van der Waals surface area contributed by atoms with Crippen LogP contribution in [-0.4, -0.2) is 21.0 Å². The zero-order valence-corrected chi connectivity index (χ0v) is 15.6. The lowest BCUT2D eigenvalue weighted by Gasteiger charge is -2.24. The third-order valence-electron chi connectivity index (χ3n) is 4.81. The Balaban J connectivity index is 1.48. The summed E-state index contributed by atoms with van der Waals surface area (Å²) in [5.41, 5.74) is 2.43. The molecule has 0 aliphatic heterocycles. The lowest BCUT2D eigenvalue weighted by Crippen LogP contribution is -2.26. The number of nitrogens with one attached hydrogen (secondary N) is 1. The molecule has 0 saturated heterocycles. The highest BCUT2D eigenvalue weighted by Gasteiger charge is 2.22. The van der Waals surface area contributed by atoms with Gasteiger partial charge in [0, 0.05) is 34.0 Å². The first-order chi connectivity index (χ1) is 13.1. The molecule has 2 aromatic heterocycles. The fraction of sp³-hybridized carbons (Fsp3) is 0.300. The van der Waals surface area contributed by atoms with E-state index in [0.717, 1.165) is 11.3 Å². The van der Waals surface area contributed by atoms with Crippen LogP contribution >= 0.6 is 11.6 Å². The van der Waals surface area contributed by atoms with Gasteiger partial charge >= 0.3 is 0 Å². The number of carbonyl (C=O) groups is 1. The van der Waals surface area contributed by atoms with Gasteiger partial charge in [0.2, 0.25) is 11.7 Å². The molecule has 1 aromatic carbocycles. The molecule has 1 fully saturated rings. The monoisotopic (exact) mass is 382 g/mol. The van der Waals surface area contributed by atoms with Gasteiger partial charge in [0.1, 0.15) is 6.04 Å². The Hall–Kier alpha value is -2.73. The summed E-state index contributed by atoms with van der Waals surface area (Å²) < 4.78 is 5.36. The Morgan fingerprint density at radius 1 is 1.30 bits per heavy atom. The highest BCUT2D eigenvalue weighted by molar-refractivity contribution is 6.30. The Labute approximate surface area is 162 Å². The number of hydrogen-bond acceptors (Lipinski definition) is 5. The molecule has 0 radical (unpaired) electrons. The Bertz CT molecular complexity index is 968. The van der Waals surface area contributed by atoms with Gasteiger partial charge in [-0.3, -0.25) is 9.78 Å². The lowest BCUT2D eigenvalue weighted by molar-refractivity contribution is 0.0932. The van der Waals surface area contributed by atoms with Crippen LogP contribution in [0.5, 0.6) is 0 Å². The molecule has 3 aromatic rings. The zero-order valence-electron chi connectivity index (χ0n) is 14.9. The van der Waals surface area contributed by atoms with Crippen LogP contribution in [0.2, 0.25) is 5.02 Å². The Kier molecular flexibility index (Phi) is 4.90. The fourth-order valence-electron chi connectivity index (χ4n) is 3.01. The number of amides is 1. The van der Waals surface area contributed by atoms with E-state index in [1.54, 1.807) is 37.4 Å². The third kappa shape index (κ3) is 3.85. The lowest BCUT2D eigenvalue weighted by atomic mass is 9.82. The van der Waals surface area contributed by atoms with Crippen molar-refractivity contribution in [3.8, 4) is 11.4 Å². The summed E-state index contributed by atoms with van der Waals surface area (Å²) >= 11 is 5.94. The maximum absolute atomic E-state index is 12.3. The molecule has 2 heterocycles. The second-order valence-electron chi connectivity index (χ2n) is 6.76. The molecule has 1 atom stereocenters. The number of nitrogens with zero attached hydrogens (tertiary/aromatic N) is 3. The number of hydrogen-bond donors (Lipinski definition) is 1. The minimum atomic E-state index is -0.425. The van der Waals surface area contributed by atoms with Crippen molar-refractivity contribution in [2.75, 3.05) is 0 Å². The van der Waals surface area contributed by atoms with Crippen LogP contribution in [0.3, 0.4) is 0 Å². The number of rotatable bonds is 5. The molecule has 1 aliphatic carbocycles. The van der Waals surface area contributed by atoms with E-state index in [9.17, 15) is 4.79 Å². The van der Waals surface area contributed by atoms with Gasteiger partial charge < -0.3 is 9.84 Å². The number of pyridine rings is 1. The summed E-state index contributed by atoms with van der Waals surface area (Å²) in [4.78, 5) is 21.2. The van der Waals surface area contributed by atoms with Crippen LogP contribution in [-0.2, 0) is 0 Å². The normalized spacial score (nSPS) is 15.2. The summed E-state index contributed by atoms with van der Waals surface area (Å²) in [5, 5.41) is 7.42. The maximum Gasteiger partial charge on any atom is 0.251 e. The van der Waals surface area contributed by atoms with Gasteiger partial charge in [0.25, 0.3) is 5.91 Å². The van der Waals surface area contributed by atoms with Crippen molar-refractivity contribution in [3.05, 3.63) is 64.8 Å². The first-order valence-electron chi connectivity index (χ1n) is 8.96. The van der Waals surface area contributed by atoms with Crippen molar-refractivity contribution >= 4 is 17.5 Å². The van der Waals surface area contributed by atoms with Gasteiger partial charge in [0.05, 0.1) is 0 Å². The highest BCUT2D eigenvalue weighted by atomic mass is 35.5. The molecule has 1 amide bonds. The third-order valence-corrected chi connectivity index (χ3v) is 5.04. The van der Waals surface area contributed by atoms with E-state index in [4.69, 9.17) is 16.1 Å². The van der Waals surface area contributed by atoms with Crippen LogP contribution < -0.4 is 5.32 Å². The molecular formula is C20H19ClN4O2. The smallest absolute Gasteiger partial charge is 0.251 e. The fourth-order valence-corrected chi connectivity index (χ4v) is 3.20. The van der Waals surface area contributed by atoms with Gasteiger partial charge in [-0.2, -0.15) is 4.98 Å². The number of halogens is 1. The second kappa shape index (κ2) is 7.48. The van der Waals surface area contributed by atoms with Crippen molar-refractivity contribution in [2.45, 2.75) is 38.1 Å². The van der Waals surface area contributed by atoms with Crippen molar-refractivity contribution < 1.29 is 9.32 Å². The molecule has 138 valence electrons. The number of carbonyl (C=O) groups excluding carboxylic acids is 1. The second-order valence-corrected chi connectivity index (χ2v) is 7.20. The van der Waals surface area contributed by atoms with Crippen molar-refractivity contribution in [3.63, 3.8) is 0 Å². The van der Waals surface area contributed by atoms with Crippen molar-refractivity contribution in [1.29, 1.82) is 0 Å². The first-order valence-corrected chi connectivity index (χ1v) is 9.34. The van der Waals surface area contributed by atoms with Crippen LogP contribution in [0.1, 0.15) is 60.1 Å². The minimum Gasteiger partial charge on any atom is -0.341 e. The Morgan fingerprint density at radius 3 is 2.89 bits per heavy atom. The van der Waals surface area contributed by atoms with Gasteiger partial charge in [0.15, 0.2) is 0 Å². The molecular weight excluding hydrogens is 364 g/mol. The summed E-state index contributed by atoms with van der Waals surface area (Å²) in [6, 6.07) is 10.2. The minimum absolute atomic E-state index is 0.249. The van der Waals surface area contributed by atoms with E-state index in [2.05, 4.69) is 20.4 Å². The molecule has 27 heavy (non-hydrogen) atoms. The number of benzene rings is 1. The van der Waals surface area contributed by atoms with Crippen molar-refractivity contribution in [1.82, 2.24) is 20.4 Å². The van der Waals surface area contributed by atoms with E-state index in [-0.39, 0.29) is 5.91 Å². The molecule has 1 aliphatic rings. The van der Waals surface area contributed by atoms with Crippen LogP contribution in [0.15, 0.2) is 47.1 Å². The van der Waals surface area contributed by atoms with Crippen LogP contribution in [0, 0.1) is 0 Å².